The van der Waals surface area contributed by atoms with Crippen LogP contribution in [0.5, 0.6) is 0 Å². The van der Waals surface area contributed by atoms with E-state index >= 15 is 0 Å². The second-order valence-corrected chi connectivity index (χ2v) is 13.8. The quantitative estimate of drug-likeness (QED) is 0.0353. The zero-order valence-electron chi connectivity index (χ0n) is 37.6. The Morgan fingerprint density at radius 2 is 0.667 bits per heavy atom. The van der Waals surface area contributed by atoms with Gasteiger partial charge >= 0.3 is 11.9 Å². The summed E-state index contributed by atoms with van der Waals surface area (Å²) in [6.07, 6.45) is 74.1. The van der Waals surface area contributed by atoms with Crippen molar-refractivity contribution in [2.75, 3.05) is 19.8 Å². The Hall–Kier alpha value is -4.74. The first-order chi connectivity index (χ1) is 29.6. The highest BCUT2D eigenvalue weighted by atomic mass is 16.6. The Balaban J connectivity index is 4.67. The number of carbonyl (C=O) groups excluding carboxylic acids is 2. The maximum atomic E-state index is 12.7. The first kappa shape index (κ1) is 55.3. The first-order valence-corrected chi connectivity index (χ1v) is 22.7. The molecule has 0 rings (SSSR count). The number of allylic oxidation sites excluding steroid dienone is 26. The van der Waals surface area contributed by atoms with Crippen molar-refractivity contribution < 1.29 is 23.8 Å². The van der Waals surface area contributed by atoms with Gasteiger partial charge in [-0.05, 0) is 103 Å². The highest BCUT2D eigenvalue weighted by molar-refractivity contribution is 5.72. The lowest BCUT2D eigenvalue weighted by Crippen LogP contribution is -2.29. The predicted molar refractivity (Wildman–Crippen MR) is 260 cm³/mol. The smallest absolute Gasteiger partial charge is 0.310 e. The molecular formula is C55H80O5. The van der Waals surface area contributed by atoms with Crippen molar-refractivity contribution >= 4 is 11.9 Å². The van der Waals surface area contributed by atoms with Gasteiger partial charge in [0.15, 0.2) is 6.10 Å². The van der Waals surface area contributed by atoms with Gasteiger partial charge in [-0.25, -0.2) is 0 Å². The number of hydrogen-bond donors (Lipinski definition) is 0. The van der Waals surface area contributed by atoms with Crippen molar-refractivity contribution in [3.05, 3.63) is 170 Å². The van der Waals surface area contributed by atoms with Crippen molar-refractivity contribution in [3.63, 3.8) is 0 Å². The monoisotopic (exact) mass is 821 g/mol. The fourth-order valence-electron chi connectivity index (χ4n) is 5.07. The number of carbonyl (C=O) groups is 2. The third-order valence-corrected chi connectivity index (χ3v) is 8.29. The zero-order valence-corrected chi connectivity index (χ0v) is 37.6. The lowest BCUT2D eigenvalue weighted by Gasteiger charge is -2.17. The van der Waals surface area contributed by atoms with Crippen LogP contribution in [0.4, 0.5) is 0 Å². The highest BCUT2D eigenvalue weighted by Gasteiger charge is 2.16. The molecule has 0 aromatic heterocycles. The van der Waals surface area contributed by atoms with Gasteiger partial charge in [-0.2, -0.15) is 0 Å². The second kappa shape index (κ2) is 48.6. The fraction of sp³-hybridized carbons (Fsp3) is 0.455. The molecule has 0 heterocycles. The molecule has 1 atom stereocenters. The van der Waals surface area contributed by atoms with E-state index in [-0.39, 0.29) is 38.0 Å². The average Bonchev–Trinajstić information content (AvgIpc) is 3.25. The minimum absolute atomic E-state index is 0.0438. The van der Waals surface area contributed by atoms with Crippen molar-refractivity contribution in [2.45, 2.75) is 142 Å². The Bertz CT molecular complexity index is 1440. The minimum Gasteiger partial charge on any atom is -0.461 e. The van der Waals surface area contributed by atoms with Crippen molar-refractivity contribution in [1.82, 2.24) is 0 Å². The van der Waals surface area contributed by atoms with Crippen molar-refractivity contribution in [3.8, 4) is 0 Å². The molecular weight excluding hydrogens is 741 g/mol. The van der Waals surface area contributed by atoms with E-state index in [1.807, 2.05) is 24.3 Å². The molecule has 0 aromatic carbocycles. The lowest BCUT2D eigenvalue weighted by atomic mass is 10.2. The Kier molecular flexibility index (Phi) is 44.8. The predicted octanol–water partition coefficient (Wildman–Crippen LogP) is 15.3. The molecule has 0 saturated carbocycles. The van der Waals surface area contributed by atoms with Crippen LogP contribution in [0.15, 0.2) is 170 Å². The third kappa shape index (κ3) is 46.0. The van der Waals surface area contributed by atoms with E-state index in [0.29, 0.717) is 6.61 Å². The van der Waals surface area contributed by atoms with Gasteiger partial charge in [-0.15, -0.1) is 0 Å². The molecule has 0 radical (unpaired) electrons. The van der Waals surface area contributed by atoms with Gasteiger partial charge in [0.05, 0.1) is 19.4 Å². The third-order valence-electron chi connectivity index (χ3n) is 8.29. The van der Waals surface area contributed by atoms with Gasteiger partial charge in [0.2, 0.25) is 0 Å². The molecule has 0 saturated heterocycles. The van der Waals surface area contributed by atoms with Crippen LogP contribution in [0.3, 0.4) is 0 Å². The summed E-state index contributed by atoms with van der Waals surface area (Å²) in [5, 5.41) is 0. The Morgan fingerprint density at radius 1 is 0.367 bits per heavy atom. The number of hydrogen-bond acceptors (Lipinski definition) is 5. The number of unbranched alkanes of at least 4 members (excludes halogenated alkanes) is 1. The van der Waals surface area contributed by atoms with Crippen LogP contribution >= 0.6 is 0 Å². The molecule has 60 heavy (non-hydrogen) atoms. The number of rotatable bonds is 38. The largest absolute Gasteiger partial charge is 0.461 e. The molecule has 0 aliphatic carbocycles. The summed E-state index contributed by atoms with van der Waals surface area (Å²) < 4.78 is 17.0. The first-order valence-electron chi connectivity index (χ1n) is 22.7. The van der Waals surface area contributed by atoms with Gasteiger partial charge in [0.25, 0.3) is 0 Å². The van der Waals surface area contributed by atoms with Crippen LogP contribution < -0.4 is 0 Å². The number of ether oxygens (including phenoxy) is 3. The van der Waals surface area contributed by atoms with Gasteiger partial charge in [0, 0.05) is 6.61 Å². The molecule has 0 spiro atoms. The second-order valence-electron chi connectivity index (χ2n) is 13.8. The molecule has 0 aromatic rings. The van der Waals surface area contributed by atoms with E-state index in [1.54, 1.807) is 0 Å². The zero-order chi connectivity index (χ0) is 43.5. The van der Waals surface area contributed by atoms with Crippen LogP contribution in [-0.2, 0) is 23.8 Å². The SMILES string of the molecule is CC/C=C\C/C=C\C/C=C\C/C=C\C/C=C\CC(=O)OCC(COCCC/C=C\C/C=C\C/C=C\C/C=C\CC)OC(=O)C/C=C\C/C=C\C/C=C\C/C=C\C/C=C\CC. The summed E-state index contributed by atoms with van der Waals surface area (Å²) in [6.45, 7) is 7.07. The van der Waals surface area contributed by atoms with Gasteiger partial charge in [-0.3, -0.25) is 9.59 Å². The molecule has 0 N–H and O–H groups in total. The molecule has 5 heteroatoms. The van der Waals surface area contributed by atoms with Gasteiger partial charge < -0.3 is 14.2 Å². The highest BCUT2D eigenvalue weighted by Crippen LogP contribution is 2.05. The van der Waals surface area contributed by atoms with Gasteiger partial charge in [-0.1, -0.05) is 191 Å². The maximum Gasteiger partial charge on any atom is 0.310 e. The van der Waals surface area contributed by atoms with Crippen LogP contribution in [0.2, 0.25) is 0 Å². The summed E-state index contributed by atoms with van der Waals surface area (Å²) in [7, 11) is 0. The van der Waals surface area contributed by atoms with Crippen LogP contribution in [0.25, 0.3) is 0 Å². The summed E-state index contributed by atoms with van der Waals surface area (Å²) in [5.41, 5.74) is 0. The molecule has 0 bridgehead atoms. The van der Waals surface area contributed by atoms with E-state index in [9.17, 15) is 9.59 Å². The fourth-order valence-corrected chi connectivity index (χ4v) is 5.07. The van der Waals surface area contributed by atoms with E-state index in [4.69, 9.17) is 14.2 Å². The van der Waals surface area contributed by atoms with Gasteiger partial charge in [0.1, 0.15) is 6.61 Å². The lowest BCUT2D eigenvalue weighted by molar-refractivity contribution is -0.161. The molecule has 0 amide bonds. The maximum absolute atomic E-state index is 12.7. The molecule has 5 nitrogen and oxygen atoms in total. The minimum atomic E-state index is -0.671. The topological polar surface area (TPSA) is 61.8 Å². The molecule has 0 aliphatic heterocycles. The summed E-state index contributed by atoms with van der Waals surface area (Å²) >= 11 is 0. The average molecular weight is 821 g/mol. The van der Waals surface area contributed by atoms with E-state index in [1.165, 1.54) is 0 Å². The van der Waals surface area contributed by atoms with Crippen LogP contribution in [0.1, 0.15) is 136 Å². The summed E-state index contributed by atoms with van der Waals surface area (Å²) in [5.74, 6) is -0.742. The van der Waals surface area contributed by atoms with Crippen LogP contribution in [-0.4, -0.2) is 37.9 Å². The summed E-state index contributed by atoms with van der Waals surface area (Å²) in [6, 6.07) is 0. The van der Waals surface area contributed by atoms with Crippen LogP contribution in [0, 0.1) is 0 Å². The van der Waals surface area contributed by atoms with Crippen molar-refractivity contribution in [2.24, 2.45) is 0 Å². The molecule has 330 valence electrons. The molecule has 0 fully saturated rings. The van der Waals surface area contributed by atoms with Crippen molar-refractivity contribution in [1.29, 1.82) is 0 Å². The standard InChI is InChI=1S/C55H80O5/c1-4-7-10-13-16-19-22-25-28-30-33-36-39-42-45-48-54(56)59-52-53(51-58-50-47-44-41-38-35-32-27-24-21-18-15-12-9-6-3)60-55(57)49-46-43-40-37-34-31-29-26-23-20-17-14-11-8-5-2/h7-12,16-21,25-29,32-34,36-38,41-43,45-46,53H,4-6,13-15,22-24,30-31,35,39-40,44,47-52H2,1-3H3/b10-7-,11-8-,12-9-,19-16-,20-17-,21-18-,28-25-,29-26-,32-27-,36-33-,37-34-,41-38-,45-42-,46-43-. The Morgan fingerprint density at radius 3 is 1.02 bits per heavy atom. The number of esters is 2. The van der Waals surface area contributed by atoms with E-state index in [2.05, 4.69) is 167 Å². The molecule has 1 unspecified atom stereocenters. The van der Waals surface area contributed by atoms with E-state index in [0.717, 1.165) is 103 Å². The van der Waals surface area contributed by atoms with E-state index < -0.39 is 6.10 Å². The Labute approximate surface area is 366 Å². The normalized spacial score (nSPS) is 13.8. The summed E-state index contributed by atoms with van der Waals surface area (Å²) in [4.78, 5) is 25.2. The molecule has 0 aliphatic rings.